The van der Waals surface area contributed by atoms with Gasteiger partial charge in [-0.05, 0) is 12.3 Å². The van der Waals surface area contributed by atoms with E-state index in [-0.39, 0.29) is 43.9 Å². The minimum absolute atomic E-state index is 0.0152. The van der Waals surface area contributed by atoms with E-state index in [1.807, 2.05) is 0 Å². The Morgan fingerprint density at radius 3 is 2.32 bits per heavy atom. The van der Waals surface area contributed by atoms with Crippen LogP contribution in [-0.4, -0.2) is 41.1 Å². The van der Waals surface area contributed by atoms with Gasteiger partial charge in [0.2, 0.25) is 5.91 Å². The Labute approximate surface area is 128 Å². The smallest absolute Gasteiger partial charge is 0.333 e. The highest BCUT2D eigenvalue weighted by molar-refractivity contribution is 6.01. The molecule has 1 fully saturated rings. The SMILES string of the molecule is CC(C)C(C=O)NC(=O)CCCC(=O)ON1C(=O)CCC1=O. The van der Waals surface area contributed by atoms with E-state index in [2.05, 4.69) is 10.2 Å². The Hall–Kier alpha value is -2.25. The fourth-order valence-corrected chi connectivity index (χ4v) is 1.81. The Balaban J connectivity index is 2.27. The van der Waals surface area contributed by atoms with Crippen molar-refractivity contribution in [2.24, 2.45) is 5.92 Å². The van der Waals surface area contributed by atoms with Crippen molar-refractivity contribution in [3.8, 4) is 0 Å². The zero-order chi connectivity index (χ0) is 16.7. The molecule has 0 aromatic rings. The highest BCUT2D eigenvalue weighted by Gasteiger charge is 2.32. The van der Waals surface area contributed by atoms with Crippen molar-refractivity contribution >= 4 is 30.0 Å². The normalized spacial score (nSPS) is 15.9. The zero-order valence-electron chi connectivity index (χ0n) is 12.7. The van der Waals surface area contributed by atoms with Crippen molar-refractivity contribution in [3.63, 3.8) is 0 Å². The van der Waals surface area contributed by atoms with Crippen LogP contribution >= 0.6 is 0 Å². The summed E-state index contributed by atoms with van der Waals surface area (Å²) in [6.45, 7) is 3.61. The van der Waals surface area contributed by atoms with Crippen LogP contribution in [0.3, 0.4) is 0 Å². The molecule has 1 unspecified atom stereocenters. The molecule has 1 heterocycles. The molecule has 1 atom stereocenters. The van der Waals surface area contributed by atoms with E-state index in [4.69, 9.17) is 0 Å². The summed E-state index contributed by atoms with van der Waals surface area (Å²) in [7, 11) is 0. The molecule has 1 rings (SSSR count). The first-order valence-corrected chi connectivity index (χ1v) is 7.16. The van der Waals surface area contributed by atoms with E-state index < -0.39 is 23.8 Å². The first-order valence-electron chi connectivity index (χ1n) is 7.16. The largest absolute Gasteiger partial charge is 0.346 e. The van der Waals surface area contributed by atoms with Gasteiger partial charge in [0, 0.05) is 25.7 Å². The first-order chi connectivity index (χ1) is 10.3. The number of hydrogen-bond donors (Lipinski definition) is 1. The maximum atomic E-state index is 11.6. The van der Waals surface area contributed by atoms with Crippen LogP contribution in [0.15, 0.2) is 0 Å². The lowest BCUT2D eigenvalue weighted by molar-refractivity contribution is -0.197. The molecule has 8 heteroatoms. The second kappa shape index (κ2) is 8.26. The number of rotatable bonds is 8. The number of hydrogen-bond acceptors (Lipinski definition) is 6. The maximum absolute atomic E-state index is 11.6. The van der Waals surface area contributed by atoms with Crippen LogP contribution in [0.4, 0.5) is 0 Å². The van der Waals surface area contributed by atoms with Crippen molar-refractivity contribution in [2.75, 3.05) is 0 Å². The van der Waals surface area contributed by atoms with Crippen molar-refractivity contribution in [2.45, 2.75) is 52.0 Å². The Morgan fingerprint density at radius 2 is 1.82 bits per heavy atom. The highest BCUT2D eigenvalue weighted by Crippen LogP contribution is 2.13. The third kappa shape index (κ3) is 5.27. The molecule has 0 saturated carbocycles. The van der Waals surface area contributed by atoms with Gasteiger partial charge in [0.15, 0.2) is 0 Å². The molecule has 8 nitrogen and oxygen atoms in total. The molecular weight excluding hydrogens is 292 g/mol. The summed E-state index contributed by atoms with van der Waals surface area (Å²) in [5, 5.41) is 3.03. The van der Waals surface area contributed by atoms with Gasteiger partial charge >= 0.3 is 5.97 Å². The quantitative estimate of drug-likeness (QED) is 0.503. The second-order valence-corrected chi connectivity index (χ2v) is 5.37. The van der Waals surface area contributed by atoms with Crippen LogP contribution in [0, 0.1) is 5.92 Å². The molecule has 122 valence electrons. The Bertz CT molecular complexity index is 458. The van der Waals surface area contributed by atoms with Crippen LogP contribution < -0.4 is 5.32 Å². The third-order valence-corrected chi connectivity index (χ3v) is 3.18. The second-order valence-electron chi connectivity index (χ2n) is 5.37. The minimum Gasteiger partial charge on any atom is -0.346 e. The van der Waals surface area contributed by atoms with Gasteiger partial charge in [-0.2, -0.15) is 0 Å². The van der Waals surface area contributed by atoms with Crippen molar-refractivity contribution < 1.29 is 28.8 Å². The topological polar surface area (TPSA) is 110 Å². The molecule has 3 amide bonds. The first kappa shape index (κ1) is 17.8. The Kier molecular flexibility index (Phi) is 6.68. The van der Waals surface area contributed by atoms with E-state index in [0.29, 0.717) is 11.3 Å². The fraction of sp³-hybridized carbons (Fsp3) is 0.643. The van der Waals surface area contributed by atoms with Gasteiger partial charge in [-0.1, -0.05) is 13.8 Å². The van der Waals surface area contributed by atoms with Gasteiger partial charge in [-0.3, -0.25) is 14.4 Å². The van der Waals surface area contributed by atoms with Gasteiger partial charge in [0.25, 0.3) is 11.8 Å². The zero-order valence-corrected chi connectivity index (χ0v) is 12.7. The lowest BCUT2D eigenvalue weighted by Gasteiger charge is -2.16. The maximum Gasteiger partial charge on any atom is 0.333 e. The molecule has 0 aromatic carbocycles. The number of nitrogens with one attached hydrogen (secondary N) is 1. The van der Waals surface area contributed by atoms with E-state index in [9.17, 15) is 24.0 Å². The predicted octanol–water partition coefficient (Wildman–Crippen LogP) is 0.104. The average molecular weight is 312 g/mol. The van der Waals surface area contributed by atoms with E-state index in [1.165, 1.54) is 0 Å². The van der Waals surface area contributed by atoms with Gasteiger partial charge in [0.05, 0.1) is 6.04 Å². The van der Waals surface area contributed by atoms with E-state index in [1.54, 1.807) is 13.8 Å². The molecule has 1 aliphatic heterocycles. The summed E-state index contributed by atoms with van der Waals surface area (Å²) < 4.78 is 0. The molecule has 0 bridgehead atoms. The molecule has 0 aliphatic carbocycles. The van der Waals surface area contributed by atoms with Crippen LogP contribution in [0.2, 0.25) is 0 Å². The third-order valence-electron chi connectivity index (χ3n) is 3.18. The minimum atomic E-state index is -0.743. The summed E-state index contributed by atoms with van der Waals surface area (Å²) in [4.78, 5) is 61.0. The number of carbonyl (C=O) groups excluding carboxylic acids is 5. The number of nitrogens with zero attached hydrogens (tertiary/aromatic N) is 1. The number of hydroxylamine groups is 2. The monoisotopic (exact) mass is 312 g/mol. The highest BCUT2D eigenvalue weighted by atomic mass is 16.7. The average Bonchev–Trinajstić information content (AvgIpc) is 2.76. The van der Waals surface area contributed by atoms with E-state index in [0.717, 1.165) is 0 Å². The number of amides is 3. The molecule has 0 aromatic heterocycles. The molecule has 0 spiro atoms. The fourth-order valence-electron chi connectivity index (χ4n) is 1.81. The molecule has 22 heavy (non-hydrogen) atoms. The molecule has 1 N–H and O–H groups in total. The molecule has 0 radical (unpaired) electrons. The van der Waals surface area contributed by atoms with Crippen LogP contribution in [0.5, 0.6) is 0 Å². The number of aldehydes is 1. The molecule has 1 aliphatic rings. The van der Waals surface area contributed by atoms with Crippen LogP contribution in [-0.2, 0) is 28.8 Å². The number of imide groups is 1. The molecule has 1 saturated heterocycles. The summed E-state index contributed by atoms with van der Waals surface area (Å²) in [5.74, 6) is -2.18. The summed E-state index contributed by atoms with van der Waals surface area (Å²) in [5.41, 5.74) is 0. The lowest BCUT2D eigenvalue weighted by atomic mass is 10.1. The molecular formula is C14H20N2O6. The predicted molar refractivity (Wildman–Crippen MR) is 73.9 cm³/mol. The Morgan fingerprint density at radius 1 is 1.23 bits per heavy atom. The lowest BCUT2D eigenvalue weighted by Crippen LogP contribution is -2.39. The van der Waals surface area contributed by atoms with Crippen molar-refractivity contribution in [1.29, 1.82) is 0 Å². The van der Waals surface area contributed by atoms with Crippen molar-refractivity contribution in [3.05, 3.63) is 0 Å². The van der Waals surface area contributed by atoms with Gasteiger partial charge in [-0.25, -0.2) is 4.79 Å². The van der Waals surface area contributed by atoms with Gasteiger partial charge < -0.3 is 14.9 Å². The summed E-state index contributed by atoms with van der Waals surface area (Å²) in [6, 6.07) is -0.556. The van der Waals surface area contributed by atoms with Crippen LogP contribution in [0.25, 0.3) is 0 Å². The number of carbonyl (C=O) groups is 5. The van der Waals surface area contributed by atoms with Crippen molar-refractivity contribution in [1.82, 2.24) is 10.4 Å². The standard InChI is InChI=1S/C14H20N2O6/c1-9(2)10(8-17)15-11(18)4-3-5-14(21)22-16-12(19)6-7-13(16)20/h8-10H,3-7H2,1-2H3,(H,15,18). The van der Waals surface area contributed by atoms with E-state index >= 15 is 0 Å². The van der Waals surface area contributed by atoms with Gasteiger partial charge in [0.1, 0.15) is 6.29 Å². The summed E-state index contributed by atoms with van der Waals surface area (Å²) in [6.07, 6.45) is 0.894. The van der Waals surface area contributed by atoms with Gasteiger partial charge in [-0.15, -0.1) is 5.06 Å². The summed E-state index contributed by atoms with van der Waals surface area (Å²) >= 11 is 0. The van der Waals surface area contributed by atoms with Crippen LogP contribution in [0.1, 0.15) is 46.0 Å².